The van der Waals surface area contributed by atoms with E-state index in [1.54, 1.807) is 30.6 Å². The van der Waals surface area contributed by atoms with Crippen LogP contribution in [-0.2, 0) is 11.3 Å². The summed E-state index contributed by atoms with van der Waals surface area (Å²) in [5, 5.41) is 25.1. The zero-order valence-corrected chi connectivity index (χ0v) is 12.5. The standard InChI is InChI=1S/C16H13N5O3/c17-9-13(11-19-10-12-4-6-18-7-5-12)16(22)20-14-2-1-3-15(8-14)21(23)24/h1-8,11,19H,10H2,(H,20,22)/b13-11-. The number of aromatic nitrogens is 1. The number of hydrogen-bond donors (Lipinski definition) is 2. The number of anilines is 1. The number of benzene rings is 1. The molecule has 0 saturated heterocycles. The van der Waals surface area contributed by atoms with Gasteiger partial charge in [0.1, 0.15) is 11.6 Å². The van der Waals surface area contributed by atoms with Gasteiger partial charge in [-0.25, -0.2) is 0 Å². The van der Waals surface area contributed by atoms with Gasteiger partial charge in [-0.3, -0.25) is 19.9 Å². The average molecular weight is 323 g/mol. The van der Waals surface area contributed by atoms with Crippen LogP contribution in [0.4, 0.5) is 11.4 Å². The lowest BCUT2D eigenvalue weighted by molar-refractivity contribution is -0.384. The van der Waals surface area contributed by atoms with E-state index in [1.807, 2.05) is 0 Å². The van der Waals surface area contributed by atoms with Gasteiger partial charge in [0.2, 0.25) is 0 Å². The molecule has 8 heteroatoms. The van der Waals surface area contributed by atoms with Crippen molar-refractivity contribution in [2.45, 2.75) is 6.54 Å². The molecule has 0 unspecified atom stereocenters. The summed E-state index contributed by atoms with van der Waals surface area (Å²) in [5.74, 6) is -0.653. The van der Waals surface area contributed by atoms with Gasteiger partial charge in [0, 0.05) is 43.0 Å². The monoisotopic (exact) mass is 323 g/mol. The van der Waals surface area contributed by atoms with Gasteiger partial charge in [-0.1, -0.05) is 6.07 Å². The van der Waals surface area contributed by atoms with Crippen LogP contribution in [0.2, 0.25) is 0 Å². The summed E-state index contributed by atoms with van der Waals surface area (Å²) in [7, 11) is 0. The fourth-order valence-electron chi connectivity index (χ4n) is 1.82. The normalized spacial score (nSPS) is 10.5. The molecule has 0 atom stereocenters. The van der Waals surface area contributed by atoms with Crippen molar-refractivity contribution in [3.8, 4) is 6.07 Å². The van der Waals surface area contributed by atoms with Crippen molar-refractivity contribution in [3.63, 3.8) is 0 Å². The molecule has 0 aliphatic rings. The van der Waals surface area contributed by atoms with Crippen molar-refractivity contribution >= 4 is 17.3 Å². The highest BCUT2D eigenvalue weighted by Crippen LogP contribution is 2.17. The smallest absolute Gasteiger partial charge is 0.271 e. The second-order valence-electron chi connectivity index (χ2n) is 4.67. The zero-order chi connectivity index (χ0) is 17.4. The van der Waals surface area contributed by atoms with Crippen LogP contribution in [-0.4, -0.2) is 15.8 Å². The van der Waals surface area contributed by atoms with Gasteiger partial charge in [0.15, 0.2) is 0 Å². The third kappa shape index (κ3) is 4.64. The van der Waals surface area contributed by atoms with Crippen LogP contribution in [0.15, 0.2) is 60.6 Å². The van der Waals surface area contributed by atoms with Crippen molar-refractivity contribution in [1.29, 1.82) is 5.26 Å². The lowest BCUT2D eigenvalue weighted by atomic mass is 10.2. The molecule has 2 rings (SSSR count). The number of nitro groups is 1. The second kappa shape index (κ2) is 8.05. The highest BCUT2D eigenvalue weighted by molar-refractivity contribution is 6.06. The largest absolute Gasteiger partial charge is 0.386 e. The molecule has 120 valence electrons. The number of nitrogens with zero attached hydrogens (tertiary/aromatic N) is 3. The van der Waals surface area contributed by atoms with E-state index in [4.69, 9.17) is 5.26 Å². The highest BCUT2D eigenvalue weighted by atomic mass is 16.6. The fourth-order valence-corrected chi connectivity index (χ4v) is 1.82. The number of nitriles is 1. The van der Waals surface area contributed by atoms with Crippen molar-refractivity contribution in [3.05, 3.63) is 76.2 Å². The molecule has 0 bridgehead atoms. The summed E-state index contributed by atoms with van der Waals surface area (Å²) in [6, 6.07) is 10.9. The third-order valence-electron chi connectivity index (χ3n) is 2.98. The Morgan fingerprint density at radius 1 is 1.33 bits per heavy atom. The van der Waals surface area contributed by atoms with E-state index in [2.05, 4.69) is 15.6 Å². The molecule has 2 aromatic rings. The first-order chi connectivity index (χ1) is 11.6. The summed E-state index contributed by atoms with van der Waals surface area (Å²) in [4.78, 5) is 26.1. The Morgan fingerprint density at radius 3 is 2.75 bits per heavy atom. The molecule has 1 amide bonds. The van der Waals surface area contributed by atoms with E-state index in [-0.39, 0.29) is 16.9 Å². The van der Waals surface area contributed by atoms with Crippen molar-refractivity contribution in [2.75, 3.05) is 5.32 Å². The number of carbonyl (C=O) groups is 1. The Kier molecular flexibility index (Phi) is 5.58. The number of nitrogens with one attached hydrogen (secondary N) is 2. The Bertz CT molecular complexity index is 812. The first-order valence-electron chi connectivity index (χ1n) is 6.88. The summed E-state index contributed by atoms with van der Waals surface area (Å²) >= 11 is 0. The maximum absolute atomic E-state index is 12.0. The Hall–Kier alpha value is -3.73. The zero-order valence-electron chi connectivity index (χ0n) is 12.5. The minimum Gasteiger partial charge on any atom is -0.386 e. The maximum atomic E-state index is 12.0. The van der Waals surface area contributed by atoms with Gasteiger partial charge in [0.05, 0.1) is 4.92 Å². The lowest BCUT2D eigenvalue weighted by Crippen LogP contribution is -2.16. The van der Waals surface area contributed by atoms with Crippen LogP contribution in [0.25, 0.3) is 0 Å². The first kappa shape index (κ1) is 16.6. The van der Waals surface area contributed by atoms with Crippen LogP contribution < -0.4 is 10.6 Å². The molecule has 2 N–H and O–H groups in total. The van der Waals surface area contributed by atoms with Crippen molar-refractivity contribution < 1.29 is 9.72 Å². The van der Waals surface area contributed by atoms with Gasteiger partial charge >= 0.3 is 0 Å². The molecule has 0 spiro atoms. The molecule has 0 aliphatic carbocycles. The Labute approximate surface area is 137 Å². The predicted molar refractivity (Wildman–Crippen MR) is 86.5 cm³/mol. The Balaban J connectivity index is 2.01. The number of pyridine rings is 1. The molecule has 1 aromatic carbocycles. The van der Waals surface area contributed by atoms with Gasteiger partial charge < -0.3 is 10.6 Å². The number of nitro benzene ring substituents is 1. The summed E-state index contributed by atoms with van der Waals surface area (Å²) < 4.78 is 0. The maximum Gasteiger partial charge on any atom is 0.271 e. The first-order valence-corrected chi connectivity index (χ1v) is 6.88. The van der Waals surface area contributed by atoms with Crippen molar-refractivity contribution in [1.82, 2.24) is 10.3 Å². The van der Waals surface area contributed by atoms with Gasteiger partial charge in [-0.2, -0.15) is 5.26 Å². The van der Waals surface area contributed by atoms with E-state index >= 15 is 0 Å². The predicted octanol–water partition coefficient (Wildman–Crippen LogP) is 2.13. The van der Waals surface area contributed by atoms with E-state index < -0.39 is 10.8 Å². The number of amides is 1. The molecule has 0 radical (unpaired) electrons. The minimum atomic E-state index is -0.653. The van der Waals surface area contributed by atoms with E-state index in [0.29, 0.717) is 6.54 Å². The number of hydrogen-bond acceptors (Lipinski definition) is 6. The number of carbonyl (C=O) groups excluding carboxylic acids is 1. The minimum absolute atomic E-state index is 0.143. The van der Waals surface area contributed by atoms with Gasteiger partial charge in [-0.15, -0.1) is 0 Å². The van der Waals surface area contributed by atoms with Crippen LogP contribution in [0.3, 0.4) is 0 Å². The molecule has 1 heterocycles. The van der Waals surface area contributed by atoms with E-state index in [1.165, 1.54) is 30.5 Å². The van der Waals surface area contributed by atoms with E-state index in [9.17, 15) is 14.9 Å². The van der Waals surface area contributed by atoms with Crippen LogP contribution in [0, 0.1) is 21.4 Å². The third-order valence-corrected chi connectivity index (χ3v) is 2.98. The lowest BCUT2D eigenvalue weighted by Gasteiger charge is -2.05. The van der Waals surface area contributed by atoms with Gasteiger partial charge in [-0.05, 0) is 23.8 Å². The van der Waals surface area contributed by atoms with Crippen LogP contribution in [0.5, 0.6) is 0 Å². The summed E-state index contributed by atoms with van der Waals surface area (Å²) in [6.07, 6.45) is 4.58. The second-order valence-corrected chi connectivity index (χ2v) is 4.67. The average Bonchev–Trinajstić information content (AvgIpc) is 2.59. The SMILES string of the molecule is N#C/C(=C/NCc1ccncc1)C(=O)Nc1cccc([N+](=O)[O-])c1. The topological polar surface area (TPSA) is 121 Å². The van der Waals surface area contributed by atoms with Crippen molar-refractivity contribution in [2.24, 2.45) is 0 Å². The number of non-ortho nitro benzene ring substituents is 1. The number of rotatable bonds is 6. The van der Waals surface area contributed by atoms with Crippen LogP contribution in [0.1, 0.15) is 5.56 Å². The fraction of sp³-hybridized carbons (Fsp3) is 0.0625. The highest BCUT2D eigenvalue weighted by Gasteiger charge is 2.11. The molecule has 24 heavy (non-hydrogen) atoms. The molecule has 8 nitrogen and oxygen atoms in total. The van der Waals surface area contributed by atoms with Gasteiger partial charge in [0.25, 0.3) is 11.6 Å². The molecule has 0 aliphatic heterocycles. The molecule has 0 fully saturated rings. The van der Waals surface area contributed by atoms with E-state index in [0.717, 1.165) is 5.56 Å². The molecular weight excluding hydrogens is 310 g/mol. The Morgan fingerprint density at radius 2 is 2.08 bits per heavy atom. The molecule has 0 saturated carbocycles. The summed E-state index contributed by atoms with van der Waals surface area (Å²) in [5.41, 5.74) is 0.892. The molecule has 1 aromatic heterocycles. The summed E-state index contributed by atoms with van der Waals surface area (Å²) in [6.45, 7) is 0.428. The quantitative estimate of drug-likeness (QED) is 0.363. The van der Waals surface area contributed by atoms with Crippen LogP contribution >= 0.6 is 0 Å². The molecular formula is C16H13N5O3.